The number of nitrogens with zero attached hydrogens (tertiary/aromatic N) is 1. The standard InChI is InChI=1S/C24H30N2O5/c1-5-6-9-12-31-23(28)20-15(2)25-17-13-24(3,4)14-19(27)22(17)21(20)16-10-7-8-11-18(16)26(29)30/h7-8,10-11,21,25H,5-6,9,12-14H2,1-4H3/t21-/m1/s1. The molecule has 0 aromatic heterocycles. The van der Waals surface area contributed by atoms with E-state index in [-0.39, 0.29) is 29.1 Å². The Morgan fingerprint density at radius 1 is 1.26 bits per heavy atom. The molecule has 1 aliphatic carbocycles. The zero-order valence-electron chi connectivity index (χ0n) is 18.6. The molecule has 0 saturated heterocycles. The Kier molecular flexibility index (Phi) is 6.62. The lowest BCUT2D eigenvalue weighted by Gasteiger charge is -2.39. The molecule has 0 radical (unpaired) electrons. The van der Waals surface area contributed by atoms with Gasteiger partial charge in [0.1, 0.15) is 0 Å². The number of hydrogen-bond acceptors (Lipinski definition) is 6. The Balaban J connectivity index is 2.12. The first-order valence-corrected chi connectivity index (χ1v) is 10.8. The molecule has 1 N–H and O–H groups in total. The van der Waals surface area contributed by atoms with Gasteiger partial charge in [0.2, 0.25) is 0 Å². The molecule has 31 heavy (non-hydrogen) atoms. The minimum Gasteiger partial charge on any atom is -0.462 e. The summed E-state index contributed by atoms with van der Waals surface area (Å²) in [6.45, 7) is 8.15. The molecule has 7 heteroatoms. The van der Waals surface area contributed by atoms with Gasteiger partial charge in [0.25, 0.3) is 5.69 Å². The fraction of sp³-hybridized carbons (Fsp3) is 0.500. The van der Waals surface area contributed by atoms with Crippen LogP contribution in [-0.2, 0) is 14.3 Å². The molecule has 1 aliphatic heterocycles. The van der Waals surface area contributed by atoms with Gasteiger partial charge in [-0.1, -0.05) is 51.8 Å². The number of para-hydroxylation sites is 1. The van der Waals surface area contributed by atoms with Crippen molar-refractivity contribution in [3.8, 4) is 0 Å². The third-order valence-electron chi connectivity index (χ3n) is 5.89. The van der Waals surface area contributed by atoms with Gasteiger partial charge >= 0.3 is 5.97 Å². The molecule has 1 heterocycles. The largest absolute Gasteiger partial charge is 0.462 e. The van der Waals surface area contributed by atoms with Gasteiger partial charge in [-0.3, -0.25) is 14.9 Å². The van der Waals surface area contributed by atoms with E-state index < -0.39 is 16.8 Å². The number of unbranched alkanes of at least 4 members (excludes halogenated alkanes) is 2. The van der Waals surface area contributed by atoms with Crippen LogP contribution in [0.1, 0.15) is 71.3 Å². The number of ketones is 1. The molecular formula is C24H30N2O5. The van der Waals surface area contributed by atoms with Gasteiger partial charge in [0, 0.05) is 35.0 Å². The number of Topliss-reactive ketones (excluding diaryl/α,β-unsaturated/α-hetero) is 1. The van der Waals surface area contributed by atoms with Crippen LogP contribution in [0.5, 0.6) is 0 Å². The number of hydrogen-bond donors (Lipinski definition) is 1. The molecule has 2 aliphatic rings. The van der Waals surface area contributed by atoms with Crippen molar-refractivity contribution in [3.05, 3.63) is 62.5 Å². The Hall–Kier alpha value is -2.96. The average Bonchev–Trinajstić information content (AvgIpc) is 2.69. The van der Waals surface area contributed by atoms with Crippen molar-refractivity contribution in [2.45, 2.75) is 65.7 Å². The number of nitro benzene ring substituents is 1. The second kappa shape index (κ2) is 9.04. The third-order valence-corrected chi connectivity index (χ3v) is 5.89. The number of allylic oxidation sites excluding steroid dienone is 3. The topological polar surface area (TPSA) is 98.5 Å². The summed E-state index contributed by atoms with van der Waals surface area (Å²) in [6, 6.07) is 6.32. The number of rotatable bonds is 7. The number of carbonyl (C=O) groups is 2. The molecule has 1 atom stereocenters. The number of benzene rings is 1. The highest BCUT2D eigenvalue weighted by Gasteiger charge is 2.44. The van der Waals surface area contributed by atoms with Gasteiger partial charge in [-0.25, -0.2) is 4.79 Å². The normalized spacial score (nSPS) is 20.3. The molecule has 1 aromatic carbocycles. The molecular weight excluding hydrogens is 396 g/mol. The fourth-order valence-corrected chi connectivity index (χ4v) is 4.51. The maximum absolute atomic E-state index is 13.2. The van der Waals surface area contributed by atoms with E-state index in [1.807, 2.05) is 13.8 Å². The first-order valence-electron chi connectivity index (χ1n) is 10.8. The summed E-state index contributed by atoms with van der Waals surface area (Å²) in [5.41, 5.74) is 2.04. The van der Waals surface area contributed by atoms with E-state index in [9.17, 15) is 19.7 Å². The van der Waals surface area contributed by atoms with Gasteiger partial charge in [-0.2, -0.15) is 0 Å². The summed E-state index contributed by atoms with van der Waals surface area (Å²) in [5.74, 6) is -1.45. The van der Waals surface area contributed by atoms with Gasteiger partial charge in [-0.15, -0.1) is 0 Å². The average molecular weight is 427 g/mol. The number of carbonyl (C=O) groups excluding carboxylic acids is 2. The summed E-state index contributed by atoms with van der Waals surface area (Å²) in [6.07, 6.45) is 3.64. The lowest BCUT2D eigenvalue weighted by molar-refractivity contribution is -0.385. The lowest BCUT2D eigenvalue weighted by Crippen LogP contribution is -2.38. The minimum atomic E-state index is -0.819. The molecule has 0 unspecified atom stereocenters. The summed E-state index contributed by atoms with van der Waals surface area (Å²) in [4.78, 5) is 37.7. The van der Waals surface area contributed by atoms with Crippen LogP contribution in [0, 0.1) is 15.5 Å². The first-order chi connectivity index (χ1) is 14.7. The van der Waals surface area contributed by atoms with E-state index in [1.54, 1.807) is 25.1 Å². The van der Waals surface area contributed by atoms with E-state index >= 15 is 0 Å². The highest BCUT2D eigenvalue weighted by Crippen LogP contribution is 2.48. The van der Waals surface area contributed by atoms with Crippen molar-refractivity contribution < 1.29 is 19.2 Å². The molecule has 7 nitrogen and oxygen atoms in total. The lowest BCUT2D eigenvalue weighted by atomic mass is 9.68. The predicted molar refractivity (Wildman–Crippen MR) is 117 cm³/mol. The van der Waals surface area contributed by atoms with Crippen LogP contribution in [0.4, 0.5) is 5.69 Å². The van der Waals surface area contributed by atoms with E-state index in [4.69, 9.17) is 4.74 Å². The number of ether oxygens (including phenoxy) is 1. The van der Waals surface area contributed by atoms with Crippen molar-refractivity contribution in [2.75, 3.05) is 6.61 Å². The van der Waals surface area contributed by atoms with Crippen LogP contribution in [0.25, 0.3) is 0 Å². The van der Waals surface area contributed by atoms with Crippen LogP contribution < -0.4 is 5.32 Å². The van der Waals surface area contributed by atoms with Crippen LogP contribution >= 0.6 is 0 Å². The maximum atomic E-state index is 13.2. The molecule has 0 amide bonds. The van der Waals surface area contributed by atoms with Crippen LogP contribution in [-0.4, -0.2) is 23.3 Å². The second-order valence-electron chi connectivity index (χ2n) is 9.09. The van der Waals surface area contributed by atoms with Crippen LogP contribution in [0.3, 0.4) is 0 Å². The van der Waals surface area contributed by atoms with Gasteiger partial charge in [0.05, 0.1) is 23.0 Å². The summed E-state index contributed by atoms with van der Waals surface area (Å²) >= 11 is 0. The Morgan fingerprint density at radius 2 is 1.97 bits per heavy atom. The van der Waals surface area contributed by atoms with E-state index in [2.05, 4.69) is 12.2 Å². The third kappa shape index (κ3) is 4.70. The van der Waals surface area contributed by atoms with Gasteiger partial charge in [0.15, 0.2) is 5.78 Å². The van der Waals surface area contributed by atoms with Crippen molar-refractivity contribution in [1.82, 2.24) is 5.32 Å². The molecule has 1 aromatic rings. The zero-order valence-corrected chi connectivity index (χ0v) is 18.6. The van der Waals surface area contributed by atoms with Crippen molar-refractivity contribution in [3.63, 3.8) is 0 Å². The van der Waals surface area contributed by atoms with Crippen molar-refractivity contribution in [1.29, 1.82) is 0 Å². The highest BCUT2D eigenvalue weighted by molar-refractivity contribution is 6.04. The maximum Gasteiger partial charge on any atom is 0.336 e. The highest BCUT2D eigenvalue weighted by atomic mass is 16.6. The van der Waals surface area contributed by atoms with E-state index in [0.717, 1.165) is 25.0 Å². The Labute approximate surface area is 182 Å². The number of esters is 1. The molecule has 0 bridgehead atoms. The molecule has 0 saturated carbocycles. The van der Waals surface area contributed by atoms with Gasteiger partial charge < -0.3 is 10.1 Å². The monoisotopic (exact) mass is 426 g/mol. The van der Waals surface area contributed by atoms with Crippen LogP contribution in [0.15, 0.2) is 46.8 Å². The second-order valence-corrected chi connectivity index (χ2v) is 9.09. The van der Waals surface area contributed by atoms with Crippen molar-refractivity contribution in [2.24, 2.45) is 5.41 Å². The molecule has 0 spiro atoms. The van der Waals surface area contributed by atoms with E-state index in [1.165, 1.54) is 6.07 Å². The Bertz CT molecular complexity index is 974. The fourth-order valence-electron chi connectivity index (χ4n) is 4.51. The molecule has 0 fully saturated rings. The smallest absolute Gasteiger partial charge is 0.336 e. The number of nitro groups is 1. The quantitative estimate of drug-likeness (QED) is 0.287. The van der Waals surface area contributed by atoms with Crippen molar-refractivity contribution >= 4 is 17.4 Å². The zero-order chi connectivity index (χ0) is 22.8. The predicted octanol–water partition coefficient (Wildman–Crippen LogP) is 4.93. The number of nitrogens with one attached hydrogen (secondary N) is 1. The van der Waals surface area contributed by atoms with E-state index in [0.29, 0.717) is 29.7 Å². The SMILES string of the molecule is CCCCCOC(=O)C1=C(C)NC2=C(C(=O)CC(C)(C)C2)[C@@H]1c1ccccc1[N+](=O)[O-]. The van der Waals surface area contributed by atoms with Crippen LogP contribution in [0.2, 0.25) is 0 Å². The Morgan fingerprint density at radius 3 is 2.65 bits per heavy atom. The molecule has 3 rings (SSSR count). The summed E-state index contributed by atoms with van der Waals surface area (Å²) in [7, 11) is 0. The summed E-state index contributed by atoms with van der Waals surface area (Å²) < 4.78 is 5.52. The number of dihydropyridines is 1. The molecule has 166 valence electrons. The minimum absolute atomic E-state index is 0.0920. The summed E-state index contributed by atoms with van der Waals surface area (Å²) in [5, 5.41) is 15.0. The first kappa shape index (κ1) is 22.7. The van der Waals surface area contributed by atoms with Gasteiger partial charge in [-0.05, 0) is 25.2 Å².